The summed E-state index contributed by atoms with van der Waals surface area (Å²) in [7, 11) is 0. The van der Waals surface area contributed by atoms with E-state index in [-0.39, 0.29) is 11.8 Å². The molecule has 27 heavy (non-hydrogen) atoms. The third-order valence-corrected chi connectivity index (χ3v) is 5.09. The Bertz CT molecular complexity index is 726. The fourth-order valence-electron chi connectivity index (χ4n) is 3.47. The van der Waals surface area contributed by atoms with E-state index in [0.29, 0.717) is 18.3 Å². The molecule has 0 bridgehead atoms. The number of nitrogens with zero attached hydrogens (tertiary/aromatic N) is 3. The third kappa shape index (κ3) is 5.63. The van der Waals surface area contributed by atoms with Gasteiger partial charge in [-0.2, -0.15) is 4.98 Å². The van der Waals surface area contributed by atoms with Crippen LogP contribution in [0.3, 0.4) is 0 Å². The van der Waals surface area contributed by atoms with E-state index in [1.165, 1.54) is 12.0 Å². The van der Waals surface area contributed by atoms with Crippen LogP contribution in [0, 0.1) is 12.8 Å². The van der Waals surface area contributed by atoms with Gasteiger partial charge in [0.05, 0.1) is 12.5 Å². The maximum atomic E-state index is 12.4. The molecule has 1 unspecified atom stereocenters. The lowest BCUT2D eigenvalue weighted by Gasteiger charge is -2.30. The third-order valence-electron chi connectivity index (χ3n) is 5.09. The number of piperidine rings is 1. The standard InChI is InChI=1S/C21H30N4O2/c1-3-4-5-12-22-21(26)18-7-6-13-25(14-18)15-19-23-20(24-27-19)17-10-8-16(2)9-11-17/h8-11,18H,3-7,12-15H2,1-2H3,(H,22,26). The lowest BCUT2D eigenvalue weighted by Crippen LogP contribution is -2.42. The molecule has 1 aromatic heterocycles. The van der Waals surface area contributed by atoms with E-state index >= 15 is 0 Å². The first-order valence-electron chi connectivity index (χ1n) is 10.1. The molecule has 2 aromatic rings. The Morgan fingerprint density at radius 3 is 2.89 bits per heavy atom. The number of amides is 1. The Hall–Kier alpha value is -2.21. The molecule has 1 aromatic carbocycles. The van der Waals surface area contributed by atoms with Crippen molar-refractivity contribution in [2.24, 2.45) is 5.92 Å². The minimum absolute atomic E-state index is 0.0554. The maximum Gasteiger partial charge on any atom is 0.241 e. The van der Waals surface area contributed by atoms with E-state index < -0.39 is 0 Å². The number of aryl methyl sites for hydroxylation is 1. The van der Waals surface area contributed by atoms with Crippen LogP contribution in [0.5, 0.6) is 0 Å². The van der Waals surface area contributed by atoms with Crippen molar-refractivity contribution >= 4 is 5.91 Å². The highest BCUT2D eigenvalue weighted by atomic mass is 16.5. The summed E-state index contributed by atoms with van der Waals surface area (Å²) in [5.41, 5.74) is 2.16. The van der Waals surface area contributed by atoms with Crippen LogP contribution in [0.4, 0.5) is 0 Å². The molecule has 1 aliphatic heterocycles. The monoisotopic (exact) mass is 370 g/mol. The number of aromatic nitrogens is 2. The lowest BCUT2D eigenvalue weighted by molar-refractivity contribution is -0.126. The molecular weight excluding hydrogens is 340 g/mol. The van der Waals surface area contributed by atoms with E-state index in [1.807, 2.05) is 24.3 Å². The summed E-state index contributed by atoms with van der Waals surface area (Å²) in [6.07, 6.45) is 5.36. The molecule has 6 heteroatoms. The average molecular weight is 370 g/mol. The van der Waals surface area contributed by atoms with Crippen molar-refractivity contribution in [3.05, 3.63) is 35.7 Å². The highest BCUT2D eigenvalue weighted by Crippen LogP contribution is 2.20. The number of nitrogens with one attached hydrogen (secondary N) is 1. The Kier molecular flexibility index (Phi) is 6.98. The van der Waals surface area contributed by atoms with Gasteiger partial charge in [0.25, 0.3) is 0 Å². The highest BCUT2D eigenvalue weighted by Gasteiger charge is 2.26. The fourth-order valence-corrected chi connectivity index (χ4v) is 3.47. The van der Waals surface area contributed by atoms with Crippen LogP contribution in [0.15, 0.2) is 28.8 Å². The number of hydrogen-bond donors (Lipinski definition) is 1. The van der Waals surface area contributed by atoms with Gasteiger partial charge in [0.1, 0.15) is 0 Å². The Labute approximate surface area is 161 Å². The van der Waals surface area contributed by atoms with Crippen LogP contribution in [0.1, 0.15) is 50.5 Å². The first-order chi connectivity index (χ1) is 13.2. The summed E-state index contributed by atoms with van der Waals surface area (Å²) in [6, 6.07) is 8.09. The molecule has 146 valence electrons. The highest BCUT2D eigenvalue weighted by molar-refractivity contribution is 5.78. The lowest BCUT2D eigenvalue weighted by atomic mass is 9.97. The van der Waals surface area contributed by atoms with E-state index in [2.05, 4.69) is 34.2 Å². The van der Waals surface area contributed by atoms with E-state index in [1.54, 1.807) is 0 Å². The van der Waals surface area contributed by atoms with Crippen LogP contribution in [-0.2, 0) is 11.3 Å². The minimum Gasteiger partial charge on any atom is -0.356 e. The largest absolute Gasteiger partial charge is 0.356 e. The van der Waals surface area contributed by atoms with Crippen LogP contribution in [0.25, 0.3) is 11.4 Å². The summed E-state index contributed by atoms with van der Waals surface area (Å²) >= 11 is 0. The maximum absolute atomic E-state index is 12.4. The molecule has 1 fully saturated rings. The second-order valence-electron chi connectivity index (χ2n) is 7.45. The second kappa shape index (κ2) is 9.65. The number of benzene rings is 1. The zero-order valence-corrected chi connectivity index (χ0v) is 16.4. The predicted molar refractivity (Wildman–Crippen MR) is 105 cm³/mol. The number of carbonyl (C=O) groups is 1. The summed E-state index contributed by atoms with van der Waals surface area (Å²) in [5.74, 6) is 1.46. The van der Waals surface area contributed by atoms with Gasteiger partial charge in [-0.1, -0.05) is 54.8 Å². The Morgan fingerprint density at radius 2 is 2.11 bits per heavy atom. The van der Waals surface area contributed by atoms with Crippen molar-refractivity contribution in [1.82, 2.24) is 20.4 Å². The molecule has 1 saturated heterocycles. The van der Waals surface area contributed by atoms with Crippen molar-refractivity contribution in [2.75, 3.05) is 19.6 Å². The van der Waals surface area contributed by atoms with Gasteiger partial charge in [-0.15, -0.1) is 0 Å². The summed E-state index contributed by atoms with van der Waals surface area (Å²) < 4.78 is 5.44. The quantitative estimate of drug-likeness (QED) is 0.720. The van der Waals surface area contributed by atoms with Crippen LogP contribution in [-0.4, -0.2) is 40.6 Å². The fraction of sp³-hybridized carbons (Fsp3) is 0.571. The zero-order chi connectivity index (χ0) is 19.1. The molecule has 1 amide bonds. The second-order valence-corrected chi connectivity index (χ2v) is 7.45. The van der Waals surface area contributed by atoms with Crippen LogP contribution in [0.2, 0.25) is 0 Å². The van der Waals surface area contributed by atoms with E-state index in [9.17, 15) is 4.79 Å². The molecule has 1 aliphatic rings. The Morgan fingerprint density at radius 1 is 1.30 bits per heavy atom. The van der Waals surface area contributed by atoms with E-state index in [0.717, 1.165) is 50.9 Å². The summed E-state index contributed by atoms with van der Waals surface area (Å²) in [6.45, 7) is 7.32. The van der Waals surface area contributed by atoms with Crippen molar-refractivity contribution in [3.8, 4) is 11.4 Å². The first-order valence-corrected chi connectivity index (χ1v) is 10.1. The number of carbonyl (C=O) groups excluding carboxylic acids is 1. The molecule has 0 aliphatic carbocycles. The zero-order valence-electron chi connectivity index (χ0n) is 16.4. The smallest absolute Gasteiger partial charge is 0.241 e. The Balaban J connectivity index is 1.52. The number of unbranched alkanes of at least 4 members (excludes halogenated alkanes) is 2. The normalized spacial score (nSPS) is 17.8. The van der Waals surface area contributed by atoms with Crippen LogP contribution < -0.4 is 5.32 Å². The van der Waals surface area contributed by atoms with Gasteiger partial charge in [0.15, 0.2) is 0 Å². The van der Waals surface area contributed by atoms with Crippen molar-refractivity contribution in [3.63, 3.8) is 0 Å². The molecule has 2 heterocycles. The van der Waals surface area contributed by atoms with E-state index in [4.69, 9.17) is 4.52 Å². The predicted octanol–water partition coefficient (Wildman–Crippen LogP) is 3.56. The minimum atomic E-state index is 0.0554. The molecule has 1 N–H and O–H groups in total. The molecule has 3 rings (SSSR count). The van der Waals surface area contributed by atoms with Gasteiger partial charge in [0, 0.05) is 18.7 Å². The van der Waals surface area contributed by atoms with Gasteiger partial charge in [-0.3, -0.25) is 9.69 Å². The van der Waals surface area contributed by atoms with Gasteiger partial charge in [0.2, 0.25) is 17.6 Å². The van der Waals surface area contributed by atoms with Gasteiger partial charge in [-0.05, 0) is 32.7 Å². The molecule has 0 spiro atoms. The number of hydrogen-bond acceptors (Lipinski definition) is 5. The van der Waals surface area contributed by atoms with Gasteiger partial charge in [-0.25, -0.2) is 0 Å². The van der Waals surface area contributed by atoms with Crippen molar-refractivity contribution < 1.29 is 9.32 Å². The van der Waals surface area contributed by atoms with Crippen molar-refractivity contribution in [1.29, 1.82) is 0 Å². The average Bonchev–Trinajstić information content (AvgIpc) is 3.14. The topological polar surface area (TPSA) is 71.3 Å². The summed E-state index contributed by atoms with van der Waals surface area (Å²) in [5, 5.41) is 7.19. The van der Waals surface area contributed by atoms with Crippen molar-refractivity contribution in [2.45, 2.75) is 52.5 Å². The molecule has 0 saturated carbocycles. The van der Waals surface area contributed by atoms with Gasteiger partial charge < -0.3 is 9.84 Å². The summed E-state index contributed by atoms with van der Waals surface area (Å²) in [4.78, 5) is 19.2. The molecule has 0 radical (unpaired) electrons. The first kappa shape index (κ1) is 19.5. The SMILES string of the molecule is CCCCCNC(=O)C1CCCN(Cc2nc(-c3ccc(C)cc3)no2)C1. The van der Waals surface area contributed by atoms with Crippen LogP contribution >= 0.6 is 0 Å². The number of rotatable bonds is 8. The molecule has 6 nitrogen and oxygen atoms in total. The number of likely N-dealkylation sites (tertiary alicyclic amines) is 1. The molecular formula is C21H30N4O2. The van der Waals surface area contributed by atoms with Gasteiger partial charge >= 0.3 is 0 Å². The molecule has 1 atom stereocenters.